The lowest BCUT2D eigenvalue weighted by molar-refractivity contribution is -0.384. The van der Waals surface area contributed by atoms with Crippen LogP contribution in [-0.4, -0.2) is 10.0 Å². The lowest BCUT2D eigenvalue weighted by Crippen LogP contribution is -2.18. The van der Waals surface area contributed by atoms with E-state index in [4.69, 9.17) is 0 Å². The van der Waals surface area contributed by atoms with Crippen molar-refractivity contribution in [1.29, 1.82) is 0 Å². The summed E-state index contributed by atoms with van der Waals surface area (Å²) < 4.78 is 0. The first kappa shape index (κ1) is 13.6. The van der Waals surface area contributed by atoms with Crippen molar-refractivity contribution < 1.29 is 10.0 Å². The summed E-state index contributed by atoms with van der Waals surface area (Å²) in [6.45, 7) is 0.651. The minimum Gasteiger partial charge on any atom is -0.508 e. The molecule has 5 heteroatoms. The highest BCUT2D eigenvalue weighted by Crippen LogP contribution is 2.36. The number of nitro benzene ring substituents is 1. The summed E-state index contributed by atoms with van der Waals surface area (Å²) in [5.74, 6) is 0.368. The molecule has 2 aromatic rings. The molecule has 1 aliphatic rings. The molecule has 21 heavy (non-hydrogen) atoms. The molecule has 0 amide bonds. The van der Waals surface area contributed by atoms with Crippen molar-refractivity contribution in [1.82, 2.24) is 5.32 Å². The molecule has 1 aliphatic carbocycles. The van der Waals surface area contributed by atoms with Crippen molar-refractivity contribution >= 4 is 5.69 Å². The van der Waals surface area contributed by atoms with Crippen LogP contribution in [0.25, 0.3) is 0 Å². The predicted molar refractivity (Wildman–Crippen MR) is 79.1 cm³/mol. The Kier molecular flexibility index (Phi) is 3.58. The third kappa shape index (κ3) is 2.73. The summed E-state index contributed by atoms with van der Waals surface area (Å²) in [4.78, 5) is 10.2. The molecule has 5 nitrogen and oxygen atoms in total. The fourth-order valence-electron chi connectivity index (χ4n) is 2.82. The molecule has 3 rings (SSSR count). The molecular formula is C16H16N2O3. The molecule has 1 unspecified atom stereocenters. The van der Waals surface area contributed by atoms with Crippen LogP contribution in [-0.2, 0) is 13.0 Å². The second-order valence-corrected chi connectivity index (χ2v) is 5.24. The van der Waals surface area contributed by atoms with Crippen molar-refractivity contribution in [2.45, 2.75) is 25.4 Å². The van der Waals surface area contributed by atoms with Gasteiger partial charge >= 0.3 is 0 Å². The zero-order valence-corrected chi connectivity index (χ0v) is 11.5. The molecule has 0 spiro atoms. The summed E-state index contributed by atoms with van der Waals surface area (Å²) in [5, 5.41) is 23.9. The van der Waals surface area contributed by atoms with E-state index in [1.807, 2.05) is 12.1 Å². The molecule has 0 aromatic heterocycles. The number of aromatic hydroxyl groups is 1. The molecule has 0 saturated heterocycles. The smallest absolute Gasteiger partial charge is 0.269 e. The lowest BCUT2D eigenvalue weighted by Gasteiger charge is -2.14. The van der Waals surface area contributed by atoms with E-state index >= 15 is 0 Å². The van der Waals surface area contributed by atoms with Crippen LogP contribution in [0.1, 0.15) is 29.2 Å². The number of phenols is 1. The maximum Gasteiger partial charge on any atom is 0.269 e. The van der Waals surface area contributed by atoms with E-state index in [2.05, 4.69) is 5.32 Å². The second-order valence-electron chi connectivity index (χ2n) is 5.24. The lowest BCUT2D eigenvalue weighted by atomic mass is 10.1. The number of nitrogens with zero attached hydrogens (tertiary/aromatic N) is 1. The Morgan fingerprint density at radius 3 is 2.71 bits per heavy atom. The number of nitro groups is 1. The Balaban J connectivity index is 1.67. The van der Waals surface area contributed by atoms with Crippen LogP contribution in [0.4, 0.5) is 5.69 Å². The first-order chi connectivity index (χ1) is 10.1. The number of hydrogen-bond donors (Lipinski definition) is 2. The van der Waals surface area contributed by atoms with Gasteiger partial charge in [0.1, 0.15) is 5.75 Å². The van der Waals surface area contributed by atoms with Gasteiger partial charge in [-0.3, -0.25) is 10.1 Å². The van der Waals surface area contributed by atoms with Crippen LogP contribution < -0.4 is 5.32 Å². The number of rotatable bonds is 4. The maximum atomic E-state index is 10.6. The van der Waals surface area contributed by atoms with Gasteiger partial charge in [0.15, 0.2) is 0 Å². The van der Waals surface area contributed by atoms with E-state index in [1.165, 1.54) is 12.1 Å². The highest BCUT2D eigenvalue weighted by Gasteiger charge is 2.23. The molecular weight excluding hydrogens is 268 g/mol. The van der Waals surface area contributed by atoms with Gasteiger partial charge in [-0.15, -0.1) is 0 Å². The standard InChI is InChI=1S/C16H16N2O3/c19-16-3-1-2-13-14(16)8-9-15(13)17-10-11-4-6-12(7-5-11)18(20)21/h1-7,15,17,19H,8-10H2. The van der Waals surface area contributed by atoms with Gasteiger partial charge < -0.3 is 10.4 Å². The summed E-state index contributed by atoms with van der Waals surface area (Å²) >= 11 is 0. The number of benzene rings is 2. The Labute approximate surface area is 122 Å². The van der Waals surface area contributed by atoms with Crippen LogP contribution >= 0.6 is 0 Å². The normalized spacial score (nSPS) is 16.7. The third-order valence-corrected chi connectivity index (χ3v) is 3.95. The average Bonchev–Trinajstić information content (AvgIpc) is 2.90. The number of nitrogens with one attached hydrogen (secondary N) is 1. The zero-order chi connectivity index (χ0) is 14.8. The van der Waals surface area contributed by atoms with Crippen LogP contribution in [0.5, 0.6) is 5.75 Å². The molecule has 108 valence electrons. The van der Waals surface area contributed by atoms with Crippen molar-refractivity contribution in [3.8, 4) is 5.75 Å². The van der Waals surface area contributed by atoms with Gasteiger partial charge in [0.2, 0.25) is 0 Å². The Bertz CT molecular complexity index is 668. The van der Waals surface area contributed by atoms with Crippen molar-refractivity contribution in [2.24, 2.45) is 0 Å². The van der Waals surface area contributed by atoms with E-state index in [-0.39, 0.29) is 11.7 Å². The SMILES string of the molecule is O=[N+]([O-])c1ccc(CNC2CCc3c(O)cccc32)cc1. The molecule has 1 atom stereocenters. The summed E-state index contributed by atoms with van der Waals surface area (Å²) in [7, 11) is 0. The van der Waals surface area contributed by atoms with Crippen LogP contribution in [0, 0.1) is 10.1 Å². The Morgan fingerprint density at radius 1 is 1.24 bits per heavy atom. The minimum absolute atomic E-state index is 0.106. The Morgan fingerprint density at radius 2 is 2.00 bits per heavy atom. The quantitative estimate of drug-likeness (QED) is 0.668. The van der Waals surface area contributed by atoms with Gasteiger partial charge in [-0.25, -0.2) is 0 Å². The first-order valence-corrected chi connectivity index (χ1v) is 6.92. The van der Waals surface area contributed by atoms with Crippen LogP contribution in [0.15, 0.2) is 42.5 Å². The Hall–Kier alpha value is -2.40. The van der Waals surface area contributed by atoms with Gasteiger partial charge in [-0.1, -0.05) is 24.3 Å². The fourth-order valence-corrected chi connectivity index (χ4v) is 2.82. The molecule has 0 saturated carbocycles. The van der Waals surface area contributed by atoms with E-state index in [9.17, 15) is 15.2 Å². The van der Waals surface area contributed by atoms with Crippen molar-refractivity contribution in [2.75, 3.05) is 0 Å². The van der Waals surface area contributed by atoms with Gasteiger partial charge in [-0.05, 0) is 35.6 Å². The van der Waals surface area contributed by atoms with Gasteiger partial charge in [-0.2, -0.15) is 0 Å². The maximum absolute atomic E-state index is 10.6. The largest absolute Gasteiger partial charge is 0.508 e. The number of non-ortho nitro benzene ring substituents is 1. The van der Waals surface area contributed by atoms with E-state index in [0.717, 1.165) is 29.5 Å². The fraction of sp³-hybridized carbons (Fsp3) is 0.250. The molecule has 0 aliphatic heterocycles. The first-order valence-electron chi connectivity index (χ1n) is 6.92. The van der Waals surface area contributed by atoms with Crippen molar-refractivity contribution in [3.63, 3.8) is 0 Å². The van der Waals surface area contributed by atoms with Gasteiger partial charge in [0, 0.05) is 24.7 Å². The second kappa shape index (κ2) is 5.54. The van der Waals surface area contributed by atoms with E-state index in [1.54, 1.807) is 18.2 Å². The molecule has 0 heterocycles. The molecule has 0 bridgehead atoms. The molecule has 0 fully saturated rings. The van der Waals surface area contributed by atoms with E-state index in [0.29, 0.717) is 12.3 Å². The topological polar surface area (TPSA) is 75.4 Å². The zero-order valence-electron chi connectivity index (χ0n) is 11.5. The van der Waals surface area contributed by atoms with Crippen molar-refractivity contribution in [3.05, 3.63) is 69.3 Å². The van der Waals surface area contributed by atoms with Crippen LogP contribution in [0.2, 0.25) is 0 Å². The minimum atomic E-state index is -0.396. The van der Waals surface area contributed by atoms with Crippen LogP contribution in [0.3, 0.4) is 0 Å². The highest BCUT2D eigenvalue weighted by molar-refractivity contribution is 5.44. The van der Waals surface area contributed by atoms with Gasteiger partial charge in [0.25, 0.3) is 5.69 Å². The molecule has 2 aromatic carbocycles. The molecule has 0 radical (unpaired) electrons. The molecule has 2 N–H and O–H groups in total. The average molecular weight is 284 g/mol. The van der Waals surface area contributed by atoms with E-state index < -0.39 is 4.92 Å². The number of hydrogen-bond acceptors (Lipinski definition) is 4. The predicted octanol–water partition coefficient (Wildman–Crippen LogP) is 3.08. The number of fused-ring (bicyclic) bond motifs is 1. The third-order valence-electron chi connectivity index (χ3n) is 3.95. The highest BCUT2D eigenvalue weighted by atomic mass is 16.6. The van der Waals surface area contributed by atoms with Gasteiger partial charge in [0.05, 0.1) is 4.92 Å². The summed E-state index contributed by atoms with van der Waals surface area (Å²) in [6.07, 6.45) is 1.83. The monoisotopic (exact) mass is 284 g/mol. The number of phenolic OH excluding ortho intramolecular Hbond substituents is 1. The summed E-state index contributed by atoms with van der Waals surface area (Å²) in [5.41, 5.74) is 3.29. The summed E-state index contributed by atoms with van der Waals surface area (Å²) in [6, 6.07) is 12.4.